The van der Waals surface area contributed by atoms with Crippen LogP contribution in [0.3, 0.4) is 0 Å². The minimum Gasteiger partial charge on any atom is -0.487 e. The zero-order valence-electron chi connectivity index (χ0n) is 12.7. The Morgan fingerprint density at radius 2 is 2.09 bits per heavy atom. The zero-order valence-corrected chi connectivity index (χ0v) is 12.7. The summed E-state index contributed by atoms with van der Waals surface area (Å²) in [5.74, 6) is 0.225. The minimum absolute atomic E-state index is 0.0927. The van der Waals surface area contributed by atoms with Crippen molar-refractivity contribution in [1.82, 2.24) is 5.32 Å². The molecular formula is C18H18FNO2. The summed E-state index contributed by atoms with van der Waals surface area (Å²) in [7, 11) is 0. The van der Waals surface area contributed by atoms with Crippen molar-refractivity contribution in [2.75, 3.05) is 6.54 Å². The monoisotopic (exact) mass is 299 g/mol. The van der Waals surface area contributed by atoms with Gasteiger partial charge in [-0.2, -0.15) is 0 Å². The quantitative estimate of drug-likeness (QED) is 0.945. The molecule has 0 aliphatic carbocycles. The molecule has 0 unspecified atom stereocenters. The van der Waals surface area contributed by atoms with Crippen LogP contribution in [-0.2, 0) is 11.2 Å². The second-order valence-electron chi connectivity index (χ2n) is 5.61. The molecule has 0 bridgehead atoms. The van der Waals surface area contributed by atoms with Crippen molar-refractivity contribution < 1.29 is 13.9 Å². The van der Waals surface area contributed by atoms with Crippen LogP contribution < -0.4 is 10.1 Å². The normalized spacial score (nSPS) is 16.0. The van der Waals surface area contributed by atoms with Gasteiger partial charge in [0.1, 0.15) is 17.7 Å². The van der Waals surface area contributed by atoms with E-state index in [4.69, 9.17) is 4.74 Å². The van der Waals surface area contributed by atoms with Crippen molar-refractivity contribution >= 4 is 5.91 Å². The van der Waals surface area contributed by atoms with Crippen LogP contribution in [0.4, 0.5) is 4.39 Å². The number of fused-ring (bicyclic) bond motifs is 1. The lowest BCUT2D eigenvalue weighted by Crippen LogP contribution is -2.32. The molecule has 0 aromatic heterocycles. The van der Waals surface area contributed by atoms with Crippen molar-refractivity contribution in [1.29, 1.82) is 0 Å². The van der Waals surface area contributed by atoms with Gasteiger partial charge in [0, 0.05) is 13.3 Å². The fourth-order valence-corrected chi connectivity index (χ4v) is 2.83. The lowest BCUT2D eigenvalue weighted by Gasteiger charge is -2.14. The third-order valence-electron chi connectivity index (χ3n) is 3.91. The van der Waals surface area contributed by atoms with Gasteiger partial charge >= 0.3 is 0 Å². The number of hydrogen-bond acceptors (Lipinski definition) is 2. The van der Waals surface area contributed by atoms with Crippen molar-refractivity contribution in [2.45, 2.75) is 26.4 Å². The molecule has 1 aliphatic heterocycles. The van der Waals surface area contributed by atoms with Crippen molar-refractivity contribution in [3.8, 4) is 16.9 Å². The molecule has 1 heterocycles. The Balaban J connectivity index is 1.97. The SMILES string of the molecule is CC(=O)NC[C@H]1Cc2ccc(F)c(-c3ccccc3C)c2O1. The predicted octanol–water partition coefficient (Wildman–Crippen LogP) is 3.24. The Morgan fingerprint density at radius 3 is 2.82 bits per heavy atom. The Hall–Kier alpha value is -2.36. The van der Waals surface area contributed by atoms with E-state index in [2.05, 4.69) is 5.32 Å². The molecule has 0 saturated carbocycles. The average Bonchev–Trinajstić information content (AvgIpc) is 2.89. The molecule has 2 aromatic rings. The van der Waals surface area contributed by atoms with E-state index in [1.54, 1.807) is 6.07 Å². The topological polar surface area (TPSA) is 38.3 Å². The second-order valence-corrected chi connectivity index (χ2v) is 5.61. The number of ether oxygens (including phenoxy) is 1. The highest BCUT2D eigenvalue weighted by Gasteiger charge is 2.28. The van der Waals surface area contributed by atoms with Crippen LogP contribution in [0.25, 0.3) is 11.1 Å². The molecule has 1 atom stereocenters. The minimum atomic E-state index is -0.284. The fraction of sp³-hybridized carbons (Fsp3) is 0.278. The maximum atomic E-state index is 14.4. The maximum Gasteiger partial charge on any atom is 0.217 e. The summed E-state index contributed by atoms with van der Waals surface area (Å²) in [5, 5.41) is 2.75. The number of carbonyl (C=O) groups is 1. The van der Waals surface area contributed by atoms with Gasteiger partial charge in [0.2, 0.25) is 5.91 Å². The number of benzene rings is 2. The predicted molar refractivity (Wildman–Crippen MR) is 83.4 cm³/mol. The molecule has 22 heavy (non-hydrogen) atoms. The molecule has 2 aromatic carbocycles. The first-order valence-electron chi connectivity index (χ1n) is 7.34. The van der Waals surface area contributed by atoms with Gasteiger partial charge < -0.3 is 10.1 Å². The molecule has 1 N–H and O–H groups in total. The summed E-state index contributed by atoms with van der Waals surface area (Å²) < 4.78 is 20.3. The summed E-state index contributed by atoms with van der Waals surface area (Å²) >= 11 is 0. The molecule has 0 spiro atoms. The van der Waals surface area contributed by atoms with Gasteiger partial charge in [-0.05, 0) is 29.7 Å². The third kappa shape index (κ3) is 2.69. The molecule has 0 fully saturated rings. The summed E-state index contributed by atoms with van der Waals surface area (Å²) in [6.07, 6.45) is 0.526. The summed E-state index contributed by atoms with van der Waals surface area (Å²) in [6, 6.07) is 10.9. The number of carbonyl (C=O) groups excluding carboxylic acids is 1. The Labute approximate surface area is 129 Å². The van der Waals surface area contributed by atoms with E-state index >= 15 is 0 Å². The highest BCUT2D eigenvalue weighted by atomic mass is 19.1. The maximum absolute atomic E-state index is 14.4. The van der Waals surface area contributed by atoms with E-state index in [0.717, 1.165) is 16.7 Å². The van der Waals surface area contributed by atoms with Gasteiger partial charge in [0.15, 0.2) is 0 Å². The number of nitrogens with one attached hydrogen (secondary N) is 1. The number of amides is 1. The summed E-state index contributed by atoms with van der Waals surface area (Å²) in [5.41, 5.74) is 3.34. The van der Waals surface area contributed by atoms with Crippen LogP contribution in [0.1, 0.15) is 18.1 Å². The van der Waals surface area contributed by atoms with Gasteiger partial charge in [-0.1, -0.05) is 30.3 Å². The molecule has 0 saturated heterocycles. The van der Waals surface area contributed by atoms with Gasteiger partial charge in [-0.25, -0.2) is 4.39 Å². The van der Waals surface area contributed by atoms with E-state index < -0.39 is 0 Å². The molecule has 3 rings (SSSR count). The molecule has 4 heteroatoms. The van der Waals surface area contributed by atoms with E-state index in [1.165, 1.54) is 13.0 Å². The lowest BCUT2D eigenvalue weighted by molar-refractivity contribution is -0.119. The second kappa shape index (κ2) is 5.79. The first-order valence-corrected chi connectivity index (χ1v) is 7.34. The van der Waals surface area contributed by atoms with Gasteiger partial charge in [-0.15, -0.1) is 0 Å². The number of rotatable bonds is 3. The number of hydrogen-bond donors (Lipinski definition) is 1. The van der Waals surface area contributed by atoms with Crippen LogP contribution in [-0.4, -0.2) is 18.6 Å². The van der Waals surface area contributed by atoms with Crippen molar-refractivity contribution in [3.05, 3.63) is 53.3 Å². The van der Waals surface area contributed by atoms with Gasteiger partial charge in [0.05, 0.1) is 12.1 Å². The molecule has 1 aliphatic rings. The van der Waals surface area contributed by atoms with E-state index in [9.17, 15) is 9.18 Å². The molecule has 0 radical (unpaired) electrons. The molecular weight excluding hydrogens is 281 g/mol. The summed E-state index contributed by atoms with van der Waals surface area (Å²) in [4.78, 5) is 11.0. The van der Waals surface area contributed by atoms with Crippen LogP contribution in [0, 0.1) is 12.7 Å². The first-order chi connectivity index (χ1) is 10.6. The number of aryl methyl sites for hydroxylation is 1. The Bertz CT molecular complexity index is 727. The zero-order chi connectivity index (χ0) is 15.7. The Morgan fingerprint density at radius 1 is 1.32 bits per heavy atom. The molecule has 1 amide bonds. The molecule has 114 valence electrons. The largest absolute Gasteiger partial charge is 0.487 e. The van der Waals surface area contributed by atoms with Crippen LogP contribution in [0.15, 0.2) is 36.4 Å². The standard InChI is InChI=1S/C18H18FNO2/c1-11-5-3-4-6-15(11)17-16(19)8-7-13-9-14(22-18(13)17)10-20-12(2)21/h3-8,14H,9-10H2,1-2H3,(H,20,21)/t14-/m1/s1. The fourth-order valence-electron chi connectivity index (χ4n) is 2.83. The van der Waals surface area contributed by atoms with Gasteiger partial charge in [-0.3, -0.25) is 4.79 Å². The van der Waals surface area contributed by atoms with E-state index in [1.807, 2.05) is 31.2 Å². The van der Waals surface area contributed by atoms with Crippen molar-refractivity contribution in [2.24, 2.45) is 0 Å². The highest BCUT2D eigenvalue weighted by molar-refractivity contribution is 5.76. The van der Waals surface area contributed by atoms with Crippen molar-refractivity contribution in [3.63, 3.8) is 0 Å². The van der Waals surface area contributed by atoms with Crippen LogP contribution in [0.2, 0.25) is 0 Å². The summed E-state index contributed by atoms with van der Waals surface area (Å²) in [6.45, 7) is 3.86. The van der Waals surface area contributed by atoms with E-state index in [0.29, 0.717) is 24.3 Å². The first kappa shape index (κ1) is 14.6. The molecule has 3 nitrogen and oxygen atoms in total. The third-order valence-corrected chi connectivity index (χ3v) is 3.91. The Kier molecular flexibility index (Phi) is 3.84. The van der Waals surface area contributed by atoms with Crippen LogP contribution in [0.5, 0.6) is 5.75 Å². The highest BCUT2D eigenvalue weighted by Crippen LogP contribution is 2.41. The lowest BCUT2D eigenvalue weighted by atomic mass is 9.96. The van der Waals surface area contributed by atoms with E-state index in [-0.39, 0.29) is 17.8 Å². The number of halogens is 1. The smallest absolute Gasteiger partial charge is 0.217 e. The average molecular weight is 299 g/mol. The van der Waals surface area contributed by atoms with Crippen LogP contribution >= 0.6 is 0 Å². The van der Waals surface area contributed by atoms with Gasteiger partial charge in [0.25, 0.3) is 0 Å².